The third kappa shape index (κ3) is 4.35. The van der Waals surface area contributed by atoms with Crippen LogP contribution in [0.1, 0.15) is 20.3 Å². The molecule has 11 heteroatoms. The molecular weight excluding hydrogens is 337 g/mol. The lowest BCUT2D eigenvalue weighted by atomic mass is 10.5. The van der Waals surface area contributed by atoms with Crippen molar-refractivity contribution in [3.05, 3.63) is 12.7 Å². The van der Waals surface area contributed by atoms with Crippen molar-refractivity contribution in [1.82, 2.24) is 19.7 Å². The van der Waals surface area contributed by atoms with Crippen LogP contribution in [0.5, 0.6) is 0 Å². The zero-order valence-corrected chi connectivity index (χ0v) is 14.4. The van der Waals surface area contributed by atoms with Crippen LogP contribution in [0.4, 0.5) is 5.82 Å². The number of imidazole rings is 1. The van der Waals surface area contributed by atoms with Crippen molar-refractivity contribution in [2.75, 3.05) is 32.2 Å². The summed E-state index contributed by atoms with van der Waals surface area (Å²) in [5.41, 5.74) is 5.11. The molecule has 2 aromatic heterocycles. The van der Waals surface area contributed by atoms with E-state index in [1.165, 1.54) is 17.4 Å². The topological polar surface area (TPSA) is 124 Å². The van der Waals surface area contributed by atoms with Crippen LogP contribution >= 0.6 is 8.46 Å². The van der Waals surface area contributed by atoms with E-state index < -0.39 is 5.71 Å². The Morgan fingerprint density at radius 2 is 1.92 bits per heavy atom. The Morgan fingerprint density at radius 3 is 2.58 bits per heavy atom. The first kappa shape index (κ1) is 18.5. The minimum Gasteiger partial charge on any atom is -0.411 e. The molecule has 0 atom stereocenters. The normalized spacial score (nSPS) is 12.1. The summed E-state index contributed by atoms with van der Waals surface area (Å²) in [7, 11) is -0.387. The van der Waals surface area contributed by atoms with Crippen molar-refractivity contribution >= 4 is 25.4 Å². The van der Waals surface area contributed by atoms with Crippen LogP contribution in [0.2, 0.25) is 0 Å². The van der Waals surface area contributed by atoms with Gasteiger partial charge in [0.05, 0.1) is 19.8 Å². The van der Waals surface area contributed by atoms with Gasteiger partial charge in [0.15, 0.2) is 11.3 Å². The third-order valence-corrected chi connectivity index (χ3v) is 3.51. The molecule has 0 radical (unpaired) electrons. The van der Waals surface area contributed by atoms with E-state index in [2.05, 4.69) is 15.0 Å². The van der Waals surface area contributed by atoms with Gasteiger partial charge in [0.1, 0.15) is 19.3 Å². The van der Waals surface area contributed by atoms with Gasteiger partial charge in [-0.2, -0.15) is 4.73 Å². The van der Waals surface area contributed by atoms with Gasteiger partial charge in [-0.1, -0.05) is 0 Å². The highest BCUT2D eigenvalue weighted by Gasteiger charge is 2.34. The van der Waals surface area contributed by atoms with E-state index in [9.17, 15) is 4.57 Å². The molecule has 132 valence electrons. The highest BCUT2D eigenvalue weighted by molar-refractivity contribution is 7.25. The number of nitrogens with two attached hydrogens (primary N) is 1. The maximum atomic E-state index is 11.3. The molecule has 0 unspecified atom stereocenters. The van der Waals surface area contributed by atoms with Gasteiger partial charge in [0, 0.05) is 6.42 Å². The fourth-order valence-corrected chi connectivity index (χ4v) is 2.43. The summed E-state index contributed by atoms with van der Waals surface area (Å²) in [6, 6.07) is 0. The third-order valence-electron chi connectivity index (χ3n) is 2.90. The predicted octanol–water partition coefficient (Wildman–Crippen LogP) is 1.22. The number of nitrogen functional groups attached to an aromatic ring is 1. The number of ether oxygens (including phenoxy) is 3. The lowest BCUT2D eigenvalue weighted by Crippen LogP contribution is -2.34. The molecule has 0 aliphatic rings. The van der Waals surface area contributed by atoms with Gasteiger partial charge in [-0.15, -0.1) is 0 Å². The van der Waals surface area contributed by atoms with Crippen LogP contribution in [0.25, 0.3) is 11.2 Å². The molecule has 0 saturated carbocycles. The minimum atomic E-state index is -1.56. The standard InChI is InChI=1S/C13H20N5O5P/c1-3-20-13(24-19,21-4-2)22-6-5-7-23-18-9-17-10-11(14)15-8-16-12(10)18/h8-9H,3-7H2,1-2H3,(H2,14,15,16). The Balaban J connectivity index is 1.83. The van der Waals surface area contributed by atoms with Crippen molar-refractivity contribution in [3.63, 3.8) is 0 Å². The highest BCUT2D eigenvalue weighted by Crippen LogP contribution is 2.28. The second-order valence-corrected chi connectivity index (χ2v) is 5.25. The SMILES string of the molecule is CCOC(OCC)(OCCCOn1cnc2c(N)ncnc21)P=O. The maximum absolute atomic E-state index is 11.3. The summed E-state index contributed by atoms with van der Waals surface area (Å²) in [5, 5.41) is 0. The first-order valence-corrected chi connectivity index (χ1v) is 8.30. The quantitative estimate of drug-likeness (QED) is 0.359. The van der Waals surface area contributed by atoms with E-state index in [4.69, 9.17) is 24.8 Å². The summed E-state index contributed by atoms with van der Waals surface area (Å²) >= 11 is 0. The summed E-state index contributed by atoms with van der Waals surface area (Å²) in [5.74, 6) is 0.290. The number of rotatable bonds is 11. The number of anilines is 1. The Kier molecular flexibility index (Phi) is 6.80. The fourth-order valence-electron chi connectivity index (χ4n) is 1.92. The largest absolute Gasteiger partial charge is 0.411 e. The van der Waals surface area contributed by atoms with Gasteiger partial charge < -0.3 is 24.8 Å². The lowest BCUT2D eigenvalue weighted by Gasteiger charge is -2.25. The molecule has 2 aromatic rings. The number of fused-ring (bicyclic) bond motifs is 1. The van der Waals surface area contributed by atoms with Gasteiger partial charge in [0.2, 0.25) is 5.65 Å². The molecule has 0 aromatic carbocycles. The molecule has 0 saturated heterocycles. The number of hydrogen-bond donors (Lipinski definition) is 1. The highest BCUT2D eigenvalue weighted by atomic mass is 31.1. The molecule has 0 amide bonds. The number of hydrogen-bond acceptors (Lipinski definition) is 9. The fraction of sp³-hybridized carbons (Fsp3) is 0.615. The maximum Gasteiger partial charge on any atom is 0.368 e. The second kappa shape index (κ2) is 8.84. The van der Waals surface area contributed by atoms with E-state index in [1.807, 2.05) is 0 Å². The predicted molar refractivity (Wildman–Crippen MR) is 85.3 cm³/mol. The second-order valence-electron chi connectivity index (χ2n) is 4.52. The van der Waals surface area contributed by atoms with Gasteiger partial charge in [-0.3, -0.25) is 4.57 Å². The number of aromatic nitrogens is 4. The average Bonchev–Trinajstić information content (AvgIpc) is 2.99. The molecule has 0 aliphatic heterocycles. The summed E-state index contributed by atoms with van der Waals surface area (Å²) in [4.78, 5) is 17.6. The smallest absolute Gasteiger partial charge is 0.368 e. The first-order chi connectivity index (χ1) is 11.7. The molecule has 0 spiro atoms. The van der Waals surface area contributed by atoms with Crippen LogP contribution < -0.4 is 10.6 Å². The van der Waals surface area contributed by atoms with Crippen molar-refractivity contribution in [3.8, 4) is 0 Å². The van der Waals surface area contributed by atoms with Crippen LogP contribution in [-0.2, 0) is 18.8 Å². The Labute approximate surface area is 140 Å². The van der Waals surface area contributed by atoms with Gasteiger partial charge in [-0.05, 0) is 13.8 Å². The first-order valence-electron chi connectivity index (χ1n) is 7.49. The minimum absolute atomic E-state index is 0.235. The van der Waals surface area contributed by atoms with E-state index >= 15 is 0 Å². The van der Waals surface area contributed by atoms with Crippen molar-refractivity contribution in [1.29, 1.82) is 0 Å². The molecule has 0 bridgehead atoms. The van der Waals surface area contributed by atoms with Gasteiger partial charge >= 0.3 is 5.71 Å². The van der Waals surface area contributed by atoms with E-state index in [0.717, 1.165) is 0 Å². The van der Waals surface area contributed by atoms with Crippen molar-refractivity contribution < 1.29 is 23.6 Å². The van der Waals surface area contributed by atoms with Crippen molar-refractivity contribution in [2.24, 2.45) is 0 Å². The molecule has 2 N–H and O–H groups in total. The van der Waals surface area contributed by atoms with Crippen molar-refractivity contribution in [2.45, 2.75) is 26.0 Å². The molecule has 24 heavy (non-hydrogen) atoms. The number of nitrogens with zero attached hydrogens (tertiary/aromatic N) is 4. The molecule has 0 aliphatic carbocycles. The molecule has 0 fully saturated rings. The van der Waals surface area contributed by atoms with E-state index in [1.54, 1.807) is 13.8 Å². The average molecular weight is 357 g/mol. The zero-order chi connectivity index (χ0) is 17.4. The zero-order valence-electron chi connectivity index (χ0n) is 13.5. The molecule has 10 nitrogen and oxygen atoms in total. The monoisotopic (exact) mass is 357 g/mol. The lowest BCUT2D eigenvalue weighted by molar-refractivity contribution is -0.318. The Hall–Kier alpha value is -1.87. The van der Waals surface area contributed by atoms with Crippen LogP contribution in [0.3, 0.4) is 0 Å². The summed E-state index contributed by atoms with van der Waals surface area (Å²) < 4.78 is 28.7. The summed E-state index contributed by atoms with van der Waals surface area (Å²) in [6.07, 6.45) is 3.32. The van der Waals surface area contributed by atoms with Crippen LogP contribution in [-0.4, -0.2) is 51.8 Å². The Morgan fingerprint density at radius 1 is 1.17 bits per heavy atom. The Bertz CT molecular complexity index is 661. The van der Waals surface area contributed by atoms with Crippen LogP contribution in [0, 0.1) is 0 Å². The van der Waals surface area contributed by atoms with Crippen LogP contribution in [0.15, 0.2) is 12.7 Å². The molecule has 2 rings (SSSR count). The van der Waals surface area contributed by atoms with E-state index in [-0.39, 0.29) is 15.1 Å². The molecular formula is C13H20N5O5P. The summed E-state index contributed by atoms with van der Waals surface area (Å²) in [6.45, 7) is 4.71. The molecule has 2 heterocycles. The van der Waals surface area contributed by atoms with Gasteiger partial charge in [-0.25, -0.2) is 15.0 Å². The van der Waals surface area contributed by atoms with Gasteiger partial charge in [0.25, 0.3) is 8.46 Å². The van der Waals surface area contributed by atoms with E-state index in [0.29, 0.717) is 43.2 Å².